The van der Waals surface area contributed by atoms with Crippen LogP contribution in [0.15, 0.2) is 78.9 Å². The summed E-state index contributed by atoms with van der Waals surface area (Å²) >= 11 is 0. The molecule has 0 saturated carbocycles. The number of benzene rings is 3. The summed E-state index contributed by atoms with van der Waals surface area (Å²) in [4.78, 5) is 27.3. The maximum Gasteiger partial charge on any atom is 0.227 e. The van der Waals surface area contributed by atoms with Crippen molar-refractivity contribution in [2.45, 2.75) is 26.2 Å². The van der Waals surface area contributed by atoms with Crippen LogP contribution < -0.4 is 10.2 Å². The number of aryl methyl sites for hydroxylation is 2. The Morgan fingerprint density at radius 1 is 0.935 bits per heavy atom. The van der Waals surface area contributed by atoms with Gasteiger partial charge in [-0.05, 0) is 48.2 Å². The van der Waals surface area contributed by atoms with E-state index >= 15 is 0 Å². The second-order valence-corrected chi connectivity index (χ2v) is 8.29. The molecule has 0 bridgehead atoms. The Bertz CT molecular complexity index is 1020. The highest BCUT2D eigenvalue weighted by atomic mass is 16.2. The van der Waals surface area contributed by atoms with E-state index in [1.807, 2.05) is 61.5 Å². The number of hydrogen-bond acceptors (Lipinski definition) is 2. The van der Waals surface area contributed by atoms with Gasteiger partial charge in [-0.2, -0.15) is 0 Å². The zero-order valence-electron chi connectivity index (χ0n) is 18.0. The SMILES string of the molecule is Cc1ccc(N2C[C@H](C(=O)NCC(c3ccccc3)c3ccccc3)CC2=O)cc1C. The molecule has 0 unspecified atom stereocenters. The molecular weight excluding hydrogens is 384 g/mol. The first-order valence-corrected chi connectivity index (χ1v) is 10.8. The molecule has 1 aliphatic rings. The molecule has 1 heterocycles. The Balaban J connectivity index is 1.45. The molecule has 1 aliphatic heterocycles. The maximum absolute atomic E-state index is 13.0. The summed E-state index contributed by atoms with van der Waals surface area (Å²) in [6.07, 6.45) is 0.250. The minimum Gasteiger partial charge on any atom is -0.355 e. The van der Waals surface area contributed by atoms with E-state index in [2.05, 4.69) is 36.5 Å². The van der Waals surface area contributed by atoms with Gasteiger partial charge in [-0.1, -0.05) is 66.7 Å². The van der Waals surface area contributed by atoms with Crippen LogP contribution in [0.25, 0.3) is 0 Å². The zero-order chi connectivity index (χ0) is 21.8. The van der Waals surface area contributed by atoms with Crippen molar-refractivity contribution in [3.63, 3.8) is 0 Å². The van der Waals surface area contributed by atoms with Crippen molar-refractivity contribution in [1.29, 1.82) is 0 Å². The number of nitrogens with one attached hydrogen (secondary N) is 1. The van der Waals surface area contributed by atoms with Crippen LogP contribution in [0.1, 0.15) is 34.6 Å². The molecule has 3 aromatic rings. The van der Waals surface area contributed by atoms with Gasteiger partial charge in [0.2, 0.25) is 11.8 Å². The number of carbonyl (C=O) groups is 2. The number of amides is 2. The standard InChI is InChI=1S/C27H28N2O2/c1-19-13-14-24(15-20(19)2)29-18-23(16-26(29)30)27(31)28-17-25(21-9-5-3-6-10-21)22-11-7-4-8-12-22/h3-15,23,25H,16-18H2,1-2H3,(H,28,31)/t23-/m1/s1. The van der Waals surface area contributed by atoms with Gasteiger partial charge < -0.3 is 10.2 Å². The lowest BCUT2D eigenvalue weighted by Gasteiger charge is -2.21. The molecule has 1 N–H and O–H groups in total. The first-order valence-electron chi connectivity index (χ1n) is 10.8. The van der Waals surface area contributed by atoms with E-state index in [-0.39, 0.29) is 30.1 Å². The van der Waals surface area contributed by atoms with Crippen molar-refractivity contribution in [1.82, 2.24) is 5.32 Å². The summed E-state index contributed by atoms with van der Waals surface area (Å²) in [6.45, 7) is 5.02. The fourth-order valence-electron chi connectivity index (χ4n) is 4.17. The number of carbonyl (C=O) groups excluding carboxylic acids is 2. The van der Waals surface area contributed by atoms with E-state index in [0.29, 0.717) is 13.1 Å². The molecule has 0 aliphatic carbocycles. The van der Waals surface area contributed by atoms with Crippen LogP contribution in [0.4, 0.5) is 5.69 Å². The van der Waals surface area contributed by atoms with E-state index in [1.54, 1.807) is 4.90 Å². The third-order valence-corrected chi connectivity index (χ3v) is 6.18. The van der Waals surface area contributed by atoms with Gasteiger partial charge in [-0.25, -0.2) is 0 Å². The quantitative estimate of drug-likeness (QED) is 0.643. The van der Waals surface area contributed by atoms with Crippen LogP contribution in [0.5, 0.6) is 0 Å². The number of hydrogen-bond donors (Lipinski definition) is 1. The highest BCUT2D eigenvalue weighted by molar-refractivity contribution is 6.00. The van der Waals surface area contributed by atoms with Crippen molar-refractivity contribution >= 4 is 17.5 Å². The van der Waals surface area contributed by atoms with E-state index in [4.69, 9.17) is 0 Å². The van der Waals surface area contributed by atoms with Gasteiger partial charge in [-0.15, -0.1) is 0 Å². The molecule has 158 valence electrons. The highest BCUT2D eigenvalue weighted by Crippen LogP contribution is 2.28. The zero-order valence-corrected chi connectivity index (χ0v) is 18.0. The molecule has 1 atom stereocenters. The number of anilines is 1. The Labute approximate surface area is 183 Å². The monoisotopic (exact) mass is 412 g/mol. The Hall–Kier alpha value is -3.40. The van der Waals surface area contributed by atoms with Crippen molar-refractivity contribution in [3.05, 3.63) is 101 Å². The third-order valence-electron chi connectivity index (χ3n) is 6.18. The van der Waals surface area contributed by atoms with Crippen LogP contribution in [0, 0.1) is 19.8 Å². The summed E-state index contributed by atoms with van der Waals surface area (Å²) in [7, 11) is 0. The lowest BCUT2D eigenvalue weighted by Crippen LogP contribution is -2.35. The van der Waals surface area contributed by atoms with E-state index in [1.165, 1.54) is 5.56 Å². The predicted molar refractivity (Wildman–Crippen MR) is 124 cm³/mol. The molecule has 4 nitrogen and oxygen atoms in total. The topological polar surface area (TPSA) is 49.4 Å². The molecule has 1 saturated heterocycles. The summed E-state index contributed by atoms with van der Waals surface area (Å²) < 4.78 is 0. The number of rotatable bonds is 6. The van der Waals surface area contributed by atoms with Crippen molar-refractivity contribution in [3.8, 4) is 0 Å². The predicted octanol–water partition coefficient (Wildman–Crippen LogP) is 4.60. The molecule has 2 amide bonds. The Morgan fingerprint density at radius 3 is 2.13 bits per heavy atom. The lowest BCUT2D eigenvalue weighted by atomic mass is 9.91. The van der Waals surface area contributed by atoms with Gasteiger partial charge in [-0.3, -0.25) is 9.59 Å². The van der Waals surface area contributed by atoms with Gasteiger partial charge in [0.05, 0.1) is 5.92 Å². The molecule has 0 spiro atoms. The van der Waals surface area contributed by atoms with E-state index in [9.17, 15) is 9.59 Å². The summed E-state index contributed by atoms with van der Waals surface area (Å²) in [5.74, 6) is -0.316. The normalized spacial score (nSPS) is 16.0. The van der Waals surface area contributed by atoms with Gasteiger partial charge in [0.25, 0.3) is 0 Å². The van der Waals surface area contributed by atoms with Crippen molar-refractivity contribution < 1.29 is 9.59 Å². The summed E-state index contributed by atoms with van der Waals surface area (Å²) in [6, 6.07) is 26.4. The average molecular weight is 413 g/mol. The molecule has 0 radical (unpaired) electrons. The van der Waals surface area contributed by atoms with Crippen LogP contribution >= 0.6 is 0 Å². The van der Waals surface area contributed by atoms with E-state index in [0.717, 1.165) is 22.4 Å². The minimum atomic E-state index is -0.332. The van der Waals surface area contributed by atoms with Crippen molar-refractivity contribution in [2.75, 3.05) is 18.0 Å². The Kier molecular flexibility index (Phi) is 6.17. The number of nitrogens with zero attached hydrogens (tertiary/aromatic N) is 1. The maximum atomic E-state index is 13.0. The molecular formula is C27H28N2O2. The summed E-state index contributed by atoms with van der Waals surface area (Å²) in [5, 5.41) is 3.12. The van der Waals surface area contributed by atoms with Crippen LogP contribution in [0.2, 0.25) is 0 Å². The first-order chi connectivity index (χ1) is 15.0. The molecule has 3 aromatic carbocycles. The first kappa shape index (κ1) is 20.9. The van der Waals surface area contributed by atoms with Crippen LogP contribution in [-0.2, 0) is 9.59 Å². The third kappa shape index (κ3) is 4.69. The van der Waals surface area contributed by atoms with Gasteiger partial charge in [0.1, 0.15) is 0 Å². The fraction of sp³-hybridized carbons (Fsp3) is 0.259. The minimum absolute atomic E-state index is 0.00562. The van der Waals surface area contributed by atoms with Crippen molar-refractivity contribution in [2.24, 2.45) is 5.92 Å². The smallest absolute Gasteiger partial charge is 0.227 e. The van der Waals surface area contributed by atoms with E-state index < -0.39 is 0 Å². The van der Waals surface area contributed by atoms with Gasteiger partial charge in [0, 0.05) is 31.1 Å². The van der Waals surface area contributed by atoms with Gasteiger partial charge in [0.15, 0.2) is 0 Å². The lowest BCUT2D eigenvalue weighted by molar-refractivity contribution is -0.126. The average Bonchev–Trinajstić information content (AvgIpc) is 3.19. The largest absolute Gasteiger partial charge is 0.355 e. The molecule has 4 heteroatoms. The second-order valence-electron chi connectivity index (χ2n) is 8.29. The fourth-order valence-corrected chi connectivity index (χ4v) is 4.17. The van der Waals surface area contributed by atoms with Crippen LogP contribution in [0.3, 0.4) is 0 Å². The molecule has 31 heavy (non-hydrogen) atoms. The molecule has 1 fully saturated rings. The molecule has 0 aromatic heterocycles. The van der Waals surface area contributed by atoms with Crippen LogP contribution in [-0.4, -0.2) is 24.9 Å². The summed E-state index contributed by atoms with van der Waals surface area (Å²) in [5.41, 5.74) is 5.53. The second kappa shape index (κ2) is 9.17. The highest BCUT2D eigenvalue weighted by Gasteiger charge is 2.35. The Morgan fingerprint density at radius 2 is 1.55 bits per heavy atom. The van der Waals surface area contributed by atoms with Gasteiger partial charge >= 0.3 is 0 Å². The molecule has 4 rings (SSSR count).